The summed E-state index contributed by atoms with van der Waals surface area (Å²) < 4.78 is 6.62. The van der Waals surface area contributed by atoms with Crippen molar-refractivity contribution < 1.29 is 19.7 Å². The van der Waals surface area contributed by atoms with E-state index in [4.69, 9.17) is 27.9 Å². The van der Waals surface area contributed by atoms with E-state index in [9.17, 15) is 15.0 Å². The first-order valence-corrected chi connectivity index (χ1v) is 13.8. The predicted octanol–water partition coefficient (Wildman–Crippen LogP) is 4.50. The Morgan fingerprint density at radius 2 is 2.08 bits per heavy atom. The molecule has 2 aromatic carbocycles. The monoisotopic (exact) mass is 542 g/mol. The Hall–Kier alpha value is -2.25. The first kappa shape index (κ1) is 25.1. The van der Waals surface area contributed by atoms with Gasteiger partial charge in [0.15, 0.2) is 11.5 Å². The van der Waals surface area contributed by atoms with E-state index in [1.165, 1.54) is 0 Å². The van der Waals surface area contributed by atoms with Crippen molar-refractivity contribution in [3.63, 3.8) is 0 Å². The first-order valence-electron chi connectivity index (χ1n) is 13.1. The van der Waals surface area contributed by atoms with Gasteiger partial charge in [-0.1, -0.05) is 41.4 Å². The molecule has 1 amide bonds. The van der Waals surface area contributed by atoms with Crippen molar-refractivity contribution in [2.75, 3.05) is 19.6 Å². The lowest BCUT2D eigenvalue weighted by atomic mass is 9.48. The molecule has 8 heteroatoms. The minimum absolute atomic E-state index is 0.0202. The van der Waals surface area contributed by atoms with Gasteiger partial charge in [-0.3, -0.25) is 9.69 Å². The van der Waals surface area contributed by atoms with E-state index in [0.717, 1.165) is 23.2 Å². The maximum atomic E-state index is 13.7. The van der Waals surface area contributed by atoms with E-state index in [1.807, 2.05) is 30.0 Å². The number of halogens is 2. The number of carbonyl (C=O) groups excluding carboxylic acids is 1. The largest absolute Gasteiger partial charge is 0.504 e. The molecular formula is C29H32Cl2N2O4. The number of phenolic OH excluding ortho intramolecular Hbond substituents is 1. The normalized spacial score (nSPS) is 31.4. The number of carbonyl (C=O) groups is 1. The van der Waals surface area contributed by atoms with Crippen LogP contribution in [0.25, 0.3) is 0 Å². The van der Waals surface area contributed by atoms with Crippen LogP contribution in [0, 0.1) is 0 Å². The van der Waals surface area contributed by atoms with Gasteiger partial charge in [0.2, 0.25) is 5.91 Å². The minimum Gasteiger partial charge on any atom is -0.504 e. The van der Waals surface area contributed by atoms with E-state index in [1.54, 1.807) is 18.2 Å². The van der Waals surface area contributed by atoms with Gasteiger partial charge < -0.3 is 19.8 Å². The second kappa shape index (κ2) is 8.91. The highest BCUT2D eigenvalue weighted by Crippen LogP contribution is 2.65. The van der Waals surface area contributed by atoms with Crippen LogP contribution in [0.4, 0.5) is 0 Å². The smallest absolute Gasteiger partial charge is 0.227 e. The highest BCUT2D eigenvalue weighted by Gasteiger charge is 2.73. The van der Waals surface area contributed by atoms with Crippen LogP contribution in [0.1, 0.15) is 42.9 Å². The molecule has 6 nitrogen and oxygen atoms in total. The van der Waals surface area contributed by atoms with Crippen LogP contribution < -0.4 is 4.74 Å². The van der Waals surface area contributed by atoms with Gasteiger partial charge in [0.1, 0.15) is 6.10 Å². The standard InChI is InChI=1S/C29H32Cl2N2O4/c1-3-12-32-13-11-28-25-18-6-8-22(34)26(25)37-27(28)21(9-10-29(28,36)23(32)16-18)33(4-2)24(35)15-17-5-7-19(30)20(31)14-17/h3,5-8,14,21,23,27,34,36H,1,4,9-13,15-16H2,2H3/t21?,23-,27?,28+,29-/m1/s1. The second-order valence-electron chi connectivity index (χ2n) is 10.8. The number of nitrogens with zero attached hydrogens (tertiary/aromatic N) is 2. The van der Waals surface area contributed by atoms with E-state index in [0.29, 0.717) is 54.6 Å². The number of aliphatic hydroxyl groups is 1. The summed E-state index contributed by atoms with van der Waals surface area (Å²) in [5.74, 6) is 0.561. The van der Waals surface area contributed by atoms with Crippen LogP contribution in [0.2, 0.25) is 10.0 Å². The van der Waals surface area contributed by atoms with Crippen LogP contribution in [0.15, 0.2) is 43.0 Å². The predicted molar refractivity (Wildman–Crippen MR) is 144 cm³/mol. The molecule has 1 spiro atoms. The molecule has 6 rings (SSSR count). The second-order valence-corrected chi connectivity index (χ2v) is 11.7. The van der Waals surface area contributed by atoms with Gasteiger partial charge in [0, 0.05) is 24.7 Å². The molecule has 1 saturated heterocycles. The summed E-state index contributed by atoms with van der Waals surface area (Å²) in [6, 6.07) is 8.64. The minimum atomic E-state index is -1.02. The van der Waals surface area contributed by atoms with Crippen LogP contribution >= 0.6 is 23.2 Å². The van der Waals surface area contributed by atoms with E-state index in [-0.39, 0.29) is 30.2 Å². The van der Waals surface area contributed by atoms with Gasteiger partial charge in [-0.05, 0) is 68.5 Å². The SMILES string of the molecule is C=CCN1CC[C@]23c4c5ccc(O)c4OC2C(N(CC)C(=O)Cc2ccc(Cl)c(Cl)c2)CC[C@@]3(O)[C@H]1C5. The Balaban J connectivity index is 1.40. The molecule has 5 atom stereocenters. The third-order valence-electron chi connectivity index (χ3n) is 9.31. The fourth-order valence-corrected chi connectivity index (χ4v) is 8.15. The molecular weight excluding hydrogens is 511 g/mol. The molecule has 2 bridgehead atoms. The van der Waals surface area contributed by atoms with Crippen molar-refractivity contribution >= 4 is 29.1 Å². The third-order valence-corrected chi connectivity index (χ3v) is 10.0. The maximum absolute atomic E-state index is 13.7. The van der Waals surface area contributed by atoms with Crippen molar-refractivity contribution in [2.24, 2.45) is 0 Å². The Morgan fingerprint density at radius 3 is 2.81 bits per heavy atom. The van der Waals surface area contributed by atoms with E-state index in [2.05, 4.69) is 11.5 Å². The summed E-state index contributed by atoms with van der Waals surface area (Å²) in [6.45, 7) is 7.93. The summed E-state index contributed by atoms with van der Waals surface area (Å²) in [4.78, 5) is 17.9. The van der Waals surface area contributed by atoms with E-state index < -0.39 is 17.1 Å². The Bertz CT molecular complexity index is 1280. The zero-order chi connectivity index (χ0) is 26.1. The van der Waals surface area contributed by atoms with Crippen LogP contribution in [-0.2, 0) is 23.1 Å². The lowest BCUT2D eigenvalue weighted by Crippen LogP contribution is -2.78. The number of rotatable bonds is 6. The molecule has 1 saturated carbocycles. The number of phenols is 1. The molecule has 2 unspecified atom stereocenters. The number of amides is 1. The number of piperidine rings is 1. The number of hydrogen-bond acceptors (Lipinski definition) is 5. The number of likely N-dealkylation sites (N-methyl/N-ethyl adjacent to an activating group) is 1. The van der Waals surface area contributed by atoms with Crippen LogP contribution in [0.3, 0.4) is 0 Å². The number of ether oxygens (including phenoxy) is 1. The van der Waals surface area contributed by atoms with E-state index >= 15 is 0 Å². The van der Waals surface area contributed by atoms with Crippen LogP contribution in [0.5, 0.6) is 11.5 Å². The van der Waals surface area contributed by atoms with Crippen molar-refractivity contribution in [2.45, 2.75) is 68.2 Å². The lowest BCUT2D eigenvalue weighted by molar-refractivity contribution is -0.199. The van der Waals surface area contributed by atoms with Crippen molar-refractivity contribution in [1.29, 1.82) is 0 Å². The molecule has 196 valence electrons. The average molecular weight is 543 g/mol. The van der Waals surface area contributed by atoms with Crippen LogP contribution in [-0.4, -0.2) is 69.3 Å². The molecule has 2 aromatic rings. The zero-order valence-corrected chi connectivity index (χ0v) is 22.4. The number of hydrogen-bond donors (Lipinski definition) is 2. The summed E-state index contributed by atoms with van der Waals surface area (Å²) in [6.07, 6.45) is 4.21. The molecule has 2 N–H and O–H groups in total. The summed E-state index contributed by atoms with van der Waals surface area (Å²) in [7, 11) is 0. The average Bonchev–Trinajstić information content (AvgIpc) is 3.22. The fraction of sp³-hybridized carbons (Fsp3) is 0.483. The molecule has 2 aliphatic carbocycles. The van der Waals surface area contributed by atoms with Gasteiger partial charge in [0.05, 0.1) is 33.5 Å². The van der Waals surface area contributed by atoms with Gasteiger partial charge in [-0.25, -0.2) is 0 Å². The van der Waals surface area contributed by atoms with Crippen molar-refractivity contribution in [3.8, 4) is 11.5 Å². The molecule has 2 aliphatic heterocycles. The molecule has 4 aliphatic rings. The highest BCUT2D eigenvalue weighted by molar-refractivity contribution is 6.42. The summed E-state index contributed by atoms with van der Waals surface area (Å²) in [5, 5.41) is 24.2. The Morgan fingerprint density at radius 1 is 1.27 bits per heavy atom. The Labute approximate surface area is 227 Å². The molecule has 37 heavy (non-hydrogen) atoms. The molecule has 0 aromatic heterocycles. The molecule has 0 radical (unpaired) electrons. The Kier molecular flexibility index (Phi) is 6.03. The number of benzene rings is 2. The zero-order valence-electron chi connectivity index (χ0n) is 20.9. The first-order chi connectivity index (χ1) is 17.7. The van der Waals surface area contributed by atoms with Gasteiger partial charge in [-0.15, -0.1) is 6.58 Å². The van der Waals surface area contributed by atoms with Crippen molar-refractivity contribution in [3.05, 3.63) is 69.7 Å². The molecule has 2 fully saturated rings. The van der Waals surface area contributed by atoms with Gasteiger partial charge in [-0.2, -0.15) is 0 Å². The summed E-state index contributed by atoms with van der Waals surface area (Å²) in [5.41, 5.74) is 1.16. The van der Waals surface area contributed by atoms with Gasteiger partial charge >= 0.3 is 0 Å². The third kappa shape index (κ3) is 3.42. The topological polar surface area (TPSA) is 73.2 Å². The highest BCUT2D eigenvalue weighted by atomic mass is 35.5. The van der Waals surface area contributed by atoms with Gasteiger partial charge in [0.25, 0.3) is 0 Å². The number of likely N-dealkylation sites (tertiary alicyclic amines) is 1. The molecule has 2 heterocycles. The summed E-state index contributed by atoms with van der Waals surface area (Å²) >= 11 is 12.3. The van der Waals surface area contributed by atoms with Crippen molar-refractivity contribution in [1.82, 2.24) is 9.80 Å². The number of aromatic hydroxyl groups is 1. The maximum Gasteiger partial charge on any atom is 0.227 e. The lowest BCUT2D eigenvalue weighted by Gasteiger charge is -2.64. The quantitative estimate of drug-likeness (QED) is 0.526. The fourth-order valence-electron chi connectivity index (χ4n) is 7.83.